The molecule has 0 radical (unpaired) electrons. The number of benzene rings is 1. The molecular formula is C12H17F2NO2S. The van der Waals surface area contributed by atoms with Crippen LogP contribution in [-0.2, 0) is 9.84 Å². The van der Waals surface area contributed by atoms with E-state index in [1.54, 1.807) is 13.8 Å². The van der Waals surface area contributed by atoms with Gasteiger partial charge in [-0.05, 0) is 13.0 Å². The summed E-state index contributed by atoms with van der Waals surface area (Å²) in [7, 11) is -3.05. The lowest BCUT2D eigenvalue weighted by atomic mass is 10.1. The van der Waals surface area contributed by atoms with Crippen molar-refractivity contribution < 1.29 is 17.2 Å². The number of rotatable bonds is 6. The van der Waals surface area contributed by atoms with Crippen LogP contribution in [0.2, 0.25) is 0 Å². The van der Waals surface area contributed by atoms with Crippen molar-refractivity contribution >= 4 is 9.84 Å². The molecule has 0 bridgehead atoms. The third kappa shape index (κ3) is 4.03. The molecule has 0 aliphatic heterocycles. The summed E-state index contributed by atoms with van der Waals surface area (Å²) in [4.78, 5) is 0. The Morgan fingerprint density at radius 2 is 2.00 bits per heavy atom. The number of hydrogen-bond acceptors (Lipinski definition) is 3. The molecule has 0 aromatic heterocycles. The average Bonchev–Trinajstić information content (AvgIpc) is 2.32. The Morgan fingerprint density at radius 3 is 2.61 bits per heavy atom. The van der Waals surface area contributed by atoms with E-state index in [4.69, 9.17) is 0 Å². The molecule has 1 rings (SSSR count). The van der Waals surface area contributed by atoms with E-state index in [-0.39, 0.29) is 23.6 Å². The Kier molecular flexibility index (Phi) is 5.22. The molecule has 3 nitrogen and oxygen atoms in total. The van der Waals surface area contributed by atoms with Crippen LogP contribution in [0.3, 0.4) is 0 Å². The van der Waals surface area contributed by atoms with Crippen molar-refractivity contribution in [2.75, 3.05) is 18.1 Å². The van der Waals surface area contributed by atoms with Gasteiger partial charge >= 0.3 is 0 Å². The van der Waals surface area contributed by atoms with Gasteiger partial charge < -0.3 is 5.32 Å². The van der Waals surface area contributed by atoms with E-state index >= 15 is 0 Å². The minimum Gasteiger partial charge on any atom is -0.309 e. The van der Waals surface area contributed by atoms with Crippen LogP contribution >= 0.6 is 0 Å². The summed E-state index contributed by atoms with van der Waals surface area (Å²) < 4.78 is 49.0. The van der Waals surface area contributed by atoms with Crippen molar-refractivity contribution in [2.24, 2.45) is 0 Å². The van der Waals surface area contributed by atoms with Crippen molar-refractivity contribution in [3.8, 4) is 0 Å². The van der Waals surface area contributed by atoms with Crippen LogP contribution in [0.4, 0.5) is 8.78 Å². The summed E-state index contributed by atoms with van der Waals surface area (Å²) in [6.07, 6.45) is 0. The fraction of sp³-hybridized carbons (Fsp3) is 0.500. The molecule has 1 unspecified atom stereocenters. The van der Waals surface area contributed by atoms with Crippen molar-refractivity contribution in [3.05, 3.63) is 35.4 Å². The van der Waals surface area contributed by atoms with Crippen LogP contribution in [0.25, 0.3) is 0 Å². The Hall–Kier alpha value is -1.01. The lowest BCUT2D eigenvalue weighted by Gasteiger charge is -2.15. The van der Waals surface area contributed by atoms with Crippen molar-refractivity contribution in [1.29, 1.82) is 0 Å². The molecule has 1 N–H and O–H groups in total. The molecule has 1 atom stereocenters. The van der Waals surface area contributed by atoms with E-state index in [1.807, 2.05) is 0 Å². The molecule has 0 heterocycles. The molecule has 0 amide bonds. The molecule has 0 saturated carbocycles. The quantitative estimate of drug-likeness (QED) is 0.865. The number of nitrogens with one attached hydrogen (secondary N) is 1. The van der Waals surface area contributed by atoms with Crippen LogP contribution < -0.4 is 5.32 Å². The number of hydrogen-bond donors (Lipinski definition) is 1. The summed E-state index contributed by atoms with van der Waals surface area (Å²) in [6.45, 7) is 3.45. The number of sulfone groups is 1. The molecule has 6 heteroatoms. The standard InChI is InChI=1S/C12H17F2NO2S/c1-3-18(16,17)8-7-15-9(2)10-5-4-6-11(13)12(10)14/h4-6,9,15H,3,7-8H2,1-2H3. The molecule has 1 aromatic carbocycles. The summed E-state index contributed by atoms with van der Waals surface area (Å²) in [6, 6.07) is 3.51. The maximum Gasteiger partial charge on any atom is 0.163 e. The van der Waals surface area contributed by atoms with Gasteiger partial charge in [0.1, 0.15) is 0 Å². The third-order valence-corrected chi connectivity index (χ3v) is 4.46. The van der Waals surface area contributed by atoms with Crippen molar-refractivity contribution in [3.63, 3.8) is 0 Å². The normalized spacial score (nSPS) is 13.6. The van der Waals surface area contributed by atoms with E-state index in [1.165, 1.54) is 12.1 Å². The van der Waals surface area contributed by atoms with E-state index < -0.39 is 27.5 Å². The SMILES string of the molecule is CCS(=O)(=O)CCNC(C)c1cccc(F)c1F. The highest BCUT2D eigenvalue weighted by atomic mass is 32.2. The average molecular weight is 277 g/mol. The molecular weight excluding hydrogens is 260 g/mol. The van der Waals surface area contributed by atoms with Gasteiger partial charge in [-0.25, -0.2) is 17.2 Å². The van der Waals surface area contributed by atoms with Crippen LogP contribution in [0.5, 0.6) is 0 Å². The van der Waals surface area contributed by atoms with E-state index in [9.17, 15) is 17.2 Å². The zero-order chi connectivity index (χ0) is 13.8. The van der Waals surface area contributed by atoms with Gasteiger partial charge in [-0.2, -0.15) is 0 Å². The Morgan fingerprint density at radius 1 is 1.33 bits per heavy atom. The van der Waals surface area contributed by atoms with Gasteiger partial charge in [-0.15, -0.1) is 0 Å². The van der Waals surface area contributed by atoms with Gasteiger partial charge in [0, 0.05) is 23.9 Å². The van der Waals surface area contributed by atoms with E-state index in [2.05, 4.69) is 5.32 Å². The third-order valence-electron chi connectivity index (χ3n) is 2.75. The van der Waals surface area contributed by atoms with Crippen LogP contribution in [0.1, 0.15) is 25.5 Å². The monoisotopic (exact) mass is 277 g/mol. The van der Waals surface area contributed by atoms with Crippen LogP contribution in [0.15, 0.2) is 18.2 Å². The predicted molar refractivity (Wildman–Crippen MR) is 67.1 cm³/mol. The van der Waals surface area contributed by atoms with Gasteiger partial charge in [0.15, 0.2) is 21.5 Å². The minimum atomic E-state index is -3.05. The van der Waals surface area contributed by atoms with Gasteiger partial charge in [0.2, 0.25) is 0 Å². The Labute approximate surface area is 106 Å². The summed E-state index contributed by atoms with van der Waals surface area (Å²) in [5.41, 5.74) is 0.198. The fourth-order valence-corrected chi connectivity index (χ4v) is 2.26. The lowest BCUT2D eigenvalue weighted by molar-refractivity contribution is 0.476. The molecule has 102 valence electrons. The van der Waals surface area contributed by atoms with Crippen molar-refractivity contribution in [1.82, 2.24) is 5.32 Å². The first-order valence-corrected chi connectivity index (χ1v) is 7.57. The second-order valence-electron chi connectivity index (χ2n) is 4.06. The van der Waals surface area contributed by atoms with Gasteiger partial charge in [-0.3, -0.25) is 0 Å². The van der Waals surface area contributed by atoms with E-state index in [0.29, 0.717) is 0 Å². The molecule has 0 aliphatic carbocycles. The summed E-state index contributed by atoms with van der Waals surface area (Å²) in [5.74, 6) is -1.72. The van der Waals surface area contributed by atoms with Gasteiger partial charge in [0.25, 0.3) is 0 Å². The van der Waals surface area contributed by atoms with Crippen LogP contribution in [-0.4, -0.2) is 26.5 Å². The molecule has 0 fully saturated rings. The minimum absolute atomic E-state index is 0.00915. The predicted octanol–water partition coefficient (Wildman–Crippen LogP) is 2.05. The molecule has 1 aromatic rings. The molecule has 0 saturated heterocycles. The zero-order valence-electron chi connectivity index (χ0n) is 10.4. The zero-order valence-corrected chi connectivity index (χ0v) is 11.2. The topological polar surface area (TPSA) is 46.2 Å². The van der Waals surface area contributed by atoms with Crippen LogP contribution in [0, 0.1) is 11.6 Å². The molecule has 0 spiro atoms. The smallest absolute Gasteiger partial charge is 0.163 e. The maximum absolute atomic E-state index is 13.4. The first-order valence-electron chi connectivity index (χ1n) is 5.75. The largest absolute Gasteiger partial charge is 0.309 e. The van der Waals surface area contributed by atoms with Gasteiger partial charge in [0.05, 0.1) is 5.75 Å². The van der Waals surface area contributed by atoms with Crippen molar-refractivity contribution in [2.45, 2.75) is 19.9 Å². The first kappa shape index (κ1) is 15.0. The number of halogens is 2. The molecule has 0 aliphatic rings. The Bertz CT molecular complexity index is 503. The highest BCUT2D eigenvalue weighted by Gasteiger charge is 2.14. The second kappa shape index (κ2) is 6.24. The maximum atomic E-state index is 13.4. The van der Waals surface area contributed by atoms with E-state index in [0.717, 1.165) is 6.07 Å². The van der Waals surface area contributed by atoms with Gasteiger partial charge in [-0.1, -0.05) is 19.1 Å². The lowest BCUT2D eigenvalue weighted by Crippen LogP contribution is -2.27. The summed E-state index contributed by atoms with van der Waals surface area (Å²) in [5, 5.41) is 2.87. The fourth-order valence-electron chi connectivity index (χ4n) is 1.54. The highest BCUT2D eigenvalue weighted by Crippen LogP contribution is 2.18. The first-order chi connectivity index (χ1) is 8.37. The molecule has 18 heavy (non-hydrogen) atoms. The second-order valence-corrected chi connectivity index (χ2v) is 6.53. The highest BCUT2D eigenvalue weighted by molar-refractivity contribution is 7.91. The summed E-state index contributed by atoms with van der Waals surface area (Å²) >= 11 is 0. The Balaban J connectivity index is 2.61.